The molecule has 6 heteroatoms. The van der Waals surface area contributed by atoms with Gasteiger partial charge in [0, 0.05) is 20.2 Å². The van der Waals surface area contributed by atoms with Crippen molar-refractivity contribution in [3.63, 3.8) is 0 Å². The van der Waals surface area contributed by atoms with Crippen molar-refractivity contribution in [2.24, 2.45) is 5.92 Å². The van der Waals surface area contributed by atoms with Crippen LogP contribution in [0.1, 0.15) is 6.42 Å². The van der Waals surface area contributed by atoms with E-state index in [2.05, 4.69) is 0 Å². The second-order valence-electron chi connectivity index (χ2n) is 4.30. The first-order chi connectivity index (χ1) is 8.13. The average molecular weight is 247 g/mol. The lowest BCUT2D eigenvalue weighted by Crippen LogP contribution is -2.34. The van der Waals surface area contributed by atoms with Gasteiger partial charge < -0.3 is 19.7 Å². The van der Waals surface area contributed by atoms with Gasteiger partial charge in [-0.2, -0.15) is 0 Å². The predicted octanol–water partition coefficient (Wildman–Crippen LogP) is -0.583. The molecule has 0 bridgehead atoms. The lowest BCUT2D eigenvalue weighted by Gasteiger charge is -2.19. The minimum Gasteiger partial charge on any atom is -0.481 e. The highest BCUT2D eigenvalue weighted by atomic mass is 16.5. The molecule has 6 nitrogen and oxygen atoms in total. The second-order valence-corrected chi connectivity index (χ2v) is 4.30. The molecule has 2 atom stereocenters. The Balaban J connectivity index is 2.10. The second kappa shape index (κ2) is 7.60. The zero-order valence-electron chi connectivity index (χ0n) is 10.2. The summed E-state index contributed by atoms with van der Waals surface area (Å²) in [5.41, 5.74) is 0. The molecule has 0 aliphatic carbocycles. The van der Waals surface area contributed by atoms with Crippen molar-refractivity contribution < 1.29 is 24.5 Å². The third-order valence-corrected chi connectivity index (χ3v) is 2.83. The quantitative estimate of drug-likeness (QED) is 0.559. The summed E-state index contributed by atoms with van der Waals surface area (Å²) in [5.74, 6) is -1.05. The van der Waals surface area contributed by atoms with E-state index >= 15 is 0 Å². The minimum absolute atomic E-state index is 0.262. The van der Waals surface area contributed by atoms with E-state index in [0.717, 1.165) is 6.54 Å². The molecule has 0 aromatic carbocycles. The van der Waals surface area contributed by atoms with Gasteiger partial charge in [0.15, 0.2) is 0 Å². The van der Waals surface area contributed by atoms with Gasteiger partial charge in [-0.1, -0.05) is 0 Å². The maximum absolute atomic E-state index is 10.7. The number of aliphatic hydroxyl groups is 1. The van der Waals surface area contributed by atoms with Crippen molar-refractivity contribution in [1.29, 1.82) is 0 Å². The largest absolute Gasteiger partial charge is 0.481 e. The summed E-state index contributed by atoms with van der Waals surface area (Å²) in [6.07, 6.45) is 0.0893. The Morgan fingerprint density at radius 2 is 2.29 bits per heavy atom. The van der Waals surface area contributed by atoms with Gasteiger partial charge in [0.05, 0.1) is 31.8 Å². The van der Waals surface area contributed by atoms with E-state index in [1.807, 2.05) is 4.90 Å². The van der Waals surface area contributed by atoms with Gasteiger partial charge in [-0.25, -0.2) is 0 Å². The van der Waals surface area contributed by atoms with Gasteiger partial charge in [-0.05, 0) is 13.0 Å². The van der Waals surface area contributed by atoms with E-state index in [0.29, 0.717) is 32.7 Å². The average Bonchev–Trinajstić information content (AvgIpc) is 2.73. The molecule has 0 aromatic rings. The molecule has 17 heavy (non-hydrogen) atoms. The minimum atomic E-state index is -0.752. The van der Waals surface area contributed by atoms with Crippen LogP contribution in [0.4, 0.5) is 0 Å². The van der Waals surface area contributed by atoms with Gasteiger partial charge in [0.2, 0.25) is 0 Å². The number of β-amino-alcohol motifs (C(OH)–C–C–N with tert-alkyl or cyclic N) is 1. The Morgan fingerprint density at radius 1 is 1.53 bits per heavy atom. The molecule has 1 heterocycles. The summed E-state index contributed by atoms with van der Waals surface area (Å²) in [6.45, 7) is 2.95. The molecule has 0 radical (unpaired) electrons. The van der Waals surface area contributed by atoms with Crippen molar-refractivity contribution >= 4 is 5.97 Å². The third-order valence-electron chi connectivity index (χ3n) is 2.83. The number of aliphatic hydroxyl groups excluding tert-OH is 1. The fourth-order valence-corrected chi connectivity index (χ4v) is 1.91. The van der Waals surface area contributed by atoms with Crippen LogP contribution in [-0.2, 0) is 14.3 Å². The summed E-state index contributed by atoms with van der Waals surface area (Å²) in [6, 6.07) is 0. The Hall–Kier alpha value is -0.690. The highest BCUT2D eigenvalue weighted by Crippen LogP contribution is 2.16. The van der Waals surface area contributed by atoms with Crippen molar-refractivity contribution in [3.05, 3.63) is 0 Å². The van der Waals surface area contributed by atoms with Crippen molar-refractivity contribution in [2.75, 3.05) is 46.6 Å². The fraction of sp³-hybridized carbons (Fsp3) is 0.909. The molecule has 1 aliphatic heterocycles. The summed E-state index contributed by atoms with van der Waals surface area (Å²) in [4.78, 5) is 12.7. The Bertz CT molecular complexity index is 236. The Morgan fingerprint density at radius 3 is 2.88 bits per heavy atom. The monoisotopic (exact) mass is 247 g/mol. The van der Waals surface area contributed by atoms with Crippen molar-refractivity contribution in [1.82, 2.24) is 4.90 Å². The zero-order valence-corrected chi connectivity index (χ0v) is 10.2. The van der Waals surface area contributed by atoms with Gasteiger partial charge in [-0.15, -0.1) is 0 Å². The molecule has 1 saturated heterocycles. The molecular formula is C11H21NO5. The first-order valence-electron chi connectivity index (χ1n) is 5.83. The van der Waals surface area contributed by atoms with Crippen LogP contribution in [0.25, 0.3) is 0 Å². The fourth-order valence-electron chi connectivity index (χ4n) is 1.91. The number of carboxylic acid groups (broad SMARTS) is 1. The molecule has 1 rings (SSSR count). The molecule has 1 fully saturated rings. The number of carboxylic acids is 1. The number of carbonyl (C=O) groups is 1. The number of methoxy groups -OCH3 is 1. The first-order valence-corrected chi connectivity index (χ1v) is 5.83. The number of rotatable bonds is 8. The standard InChI is InChI=1S/C11H21NO5/c1-16-4-5-17-8-10(13)7-12-3-2-9(6-12)11(14)15/h9-10,13H,2-8H2,1H3,(H,14,15). The molecule has 0 aromatic heterocycles. The van der Waals surface area contributed by atoms with Gasteiger partial charge in [0.25, 0.3) is 0 Å². The first kappa shape index (κ1) is 14.4. The van der Waals surface area contributed by atoms with Crippen LogP contribution >= 0.6 is 0 Å². The van der Waals surface area contributed by atoms with Crippen LogP contribution in [0.15, 0.2) is 0 Å². The summed E-state index contributed by atoms with van der Waals surface area (Å²) >= 11 is 0. The highest BCUT2D eigenvalue weighted by molar-refractivity contribution is 5.70. The van der Waals surface area contributed by atoms with Gasteiger partial charge >= 0.3 is 5.97 Å². The Kier molecular flexibility index (Phi) is 6.43. The number of ether oxygens (including phenoxy) is 2. The lowest BCUT2D eigenvalue weighted by molar-refractivity contribution is -0.141. The number of hydrogen-bond donors (Lipinski definition) is 2. The van der Waals surface area contributed by atoms with E-state index in [1.54, 1.807) is 7.11 Å². The van der Waals surface area contributed by atoms with Gasteiger partial charge in [0.1, 0.15) is 0 Å². The summed E-state index contributed by atoms with van der Waals surface area (Å²) in [7, 11) is 1.59. The van der Waals surface area contributed by atoms with E-state index in [4.69, 9.17) is 14.6 Å². The number of likely N-dealkylation sites (tertiary alicyclic amines) is 1. The van der Waals surface area contributed by atoms with Crippen LogP contribution in [0.5, 0.6) is 0 Å². The normalized spacial score (nSPS) is 22.8. The van der Waals surface area contributed by atoms with Gasteiger partial charge in [-0.3, -0.25) is 9.69 Å². The molecule has 1 aliphatic rings. The van der Waals surface area contributed by atoms with Crippen LogP contribution in [0.2, 0.25) is 0 Å². The Labute approximate surface area is 101 Å². The smallest absolute Gasteiger partial charge is 0.307 e. The predicted molar refractivity (Wildman–Crippen MR) is 60.9 cm³/mol. The number of hydrogen-bond acceptors (Lipinski definition) is 5. The topological polar surface area (TPSA) is 79.2 Å². The highest BCUT2D eigenvalue weighted by Gasteiger charge is 2.28. The molecule has 2 N–H and O–H groups in total. The van der Waals surface area contributed by atoms with E-state index in [9.17, 15) is 9.90 Å². The van der Waals surface area contributed by atoms with Crippen molar-refractivity contribution in [3.8, 4) is 0 Å². The number of nitrogens with zero attached hydrogens (tertiary/aromatic N) is 1. The molecule has 0 spiro atoms. The molecule has 0 saturated carbocycles. The molecule has 2 unspecified atom stereocenters. The zero-order chi connectivity index (χ0) is 12.7. The maximum Gasteiger partial charge on any atom is 0.307 e. The lowest BCUT2D eigenvalue weighted by atomic mass is 10.1. The van der Waals surface area contributed by atoms with E-state index in [1.165, 1.54) is 0 Å². The van der Waals surface area contributed by atoms with E-state index in [-0.39, 0.29) is 12.5 Å². The maximum atomic E-state index is 10.7. The summed E-state index contributed by atoms with van der Waals surface area (Å²) < 4.78 is 10.0. The molecule has 0 amide bonds. The molecule has 100 valence electrons. The third kappa shape index (κ3) is 5.45. The van der Waals surface area contributed by atoms with Crippen molar-refractivity contribution in [2.45, 2.75) is 12.5 Å². The van der Waals surface area contributed by atoms with Crippen LogP contribution < -0.4 is 0 Å². The molecular weight excluding hydrogens is 226 g/mol. The summed E-state index contributed by atoms with van der Waals surface area (Å²) in [5, 5.41) is 18.5. The van der Waals surface area contributed by atoms with E-state index < -0.39 is 12.1 Å². The van der Waals surface area contributed by atoms with Crippen LogP contribution in [0, 0.1) is 5.92 Å². The number of aliphatic carboxylic acids is 1. The van der Waals surface area contributed by atoms with Crippen LogP contribution in [-0.4, -0.2) is 73.8 Å². The van der Waals surface area contributed by atoms with Crippen LogP contribution in [0.3, 0.4) is 0 Å². The SMILES string of the molecule is COCCOCC(O)CN1CCC(C(=O)O)C1.